The van der Waals surface area contributed by atoms with Crippen molar-refractivity contribution in [1.82, 2.24) is 4.98 Å². The Morgan fingerprint density at radius 2 is 2.05 bits per heavy atom. The first kappa shape index (κ1) is 13.4. The summed E-state index contributed by atoms with van der Waals surface area (Å²) < 4.78 is 10.7. The number of nitrogens with one attached hydrogen (secondary N) is 1. The lowest BCUT2D eigenvalue weighted by atomic mass is 10.2. The monoisotopic (exact) mass is 300 g/mol. The number of aromatic nitrogens is 1. The number of hydrogen-bond acceptors (Lipinski definition) is 5. The lowest BCUT2D eigenvalue weighted by Crippen LogP contribution is -2.10. The molecular weight excluding hydrogens is 288 g/mol. The molecule has 0 unspecified atom stereocenters. The number of thiazole rings is 1. The third-order valence-corrected chi connectivity index (χ3v) is 3.55. The average Bonchev–Trinajstić information content (AvgIpc) is 3.18. The van der Waals surface area contributed by atoms with Crippen molar-refractivity contribution in [2.24, 2.45) is 0 Å². The summed E-state index contributed by atoms with van der Waals surface area (Å²) >= 11 is 1.35. The molecule has 0 spiro atoms. The number of methoxy groups -OCH3 is 1. The first-order valence-electron chi connectivity index (χ1n) is 6.21. The van der Waals surface area contributed by atoms with Gasteiger partial charge in [-0.25, -0.2) is 4.98 Å². The number of rotatable bonds is 4. The maximum atomic E-state index is 12.0. The van der Waals surface area contributed by atoms with Crippen molar-refractivity contribution in [2.75, 3.05) is 12.4 Å². The Balaban J connectivity index is 1.77. The normalized spacial score (nSPS) is 10.3. The fraction of sp³-hybridized carbons (Fsp3) is 0.0667. The van der Waals surface area contributed by atoms with Crippen LogP contribution in [-0.4, -0.2) is 18.0 Å². The van der Waals surface area contributed by atoms with Crippen LogP contribution in [0.25, 0.3) is 11.3 Å². The van der Waals surface area contributed by atoms with Crippen LogP contribution < -0.4 is 10.1 Å². The molecule has 21 heavy (non-hydrogen) atoms. The van der Waals surface area contributed by atoms with Crippen LogP contribution in [-0.2, 0) is 0 Å². The van der Waals surface area contributed by atoms with Crippen molar-refractivity contribution in [1.29, 1.82) is 0 Å². The maximum absolute atomic E-state index is 12.0. The van der Waals surface area contributed by atoms with Gasteiger partial charge >= 0.3 is 0 Å². The fourth-order valence-electron chi connectivity index (χ4n) is 1.81. The zero-order chi connectivity index (χ0) is 14.7. The first-order chi connectivity index (χ1) is 10.3. The minimum absolute atomic E-state index is 0.246. The molecule has 1 aromatic carbocycles. The van der Waals surface area contributed by atoms with E-state index in [-0.39, 0.29) is 11.7 Å². The number of benzene rings is 1. The molecule has 2 aromatic heterocycles. The highest BCUT2D eigenvalue weighted by Gasteiger charge is 2.13. The summed E-state index contributed by atoms with van der Waals surface area (Å²) in [7, 11) is 1.61. The van der Waals surface area contributed by atoms with E-state index in [1.165, 1.54) is 11.3 Å². The molecule has 1 amide bonds. The van der Waals surface area contributed by atoms with Gasteiger partial charge in [0.05, 0.1) is 7.11 Å². The summed E-state index contributed by atoms with van der Waals surface area (Å²) in [6.07, 6.45) is 1.63. The van der Waals surface area contributed by atoms with E-state index in [0.29, 0.717) is 10.9 Å². The smallest absolute Gasteiger partial charge is 0.293 e. The summed E-state index contributed by atoms with van der Waals surface area (Å²) in [5.74, 6) is 1.33. The Kier molecular flexibility index (Phi) is 3.70. The molecule has 0 aliphatic carbocycles. The van der Waals surface area contributed by atoms with Crippen LogP contribution in [0.2, 0.25) is 0 Å². The third kappa shape index (κ3) is 2.95. The van der Waals surface area contributed by atoms with Crippen LogP contribution in [0.1, 0.15) is 10.6 Å². The molecule has 3 rings (SSSR count). The lowest BCUT2D eigenvalue weighted by Gasteiger charge is -2.01. The second kappa shape index (κ2) is 5.80. The second-order valence-electron chi connectivity index (χ2n) is 4.18. The standard InChI is InChI=1S/C15H12N2O3S/c1-19-11-4-2-10(3-5-11)12-6-7-13(20-12)14(18)17-15-16-8-9-21-15/h2-9H,1H3,(H,16,17,18). The van der Waals surface area contributed by atoms with Crippen molar-refractivity contribution < 1.29 is 13.9 Å². The van der Waals surface area contributed by atoms with Gasteiger partial charge in [0.25, 0.3) is 5.91 Å². The maximum Gasteiger partial charge on any atom is 0.293 e. The largest absolute Gasteiger partial charge is 0.497 e. The third-order valence-electron chi connectivity index (χ3n) is 2.86. The van der Waals surface area contributed by atoms with Crippen molar-refractivity contribution in [3.63, 3.8) is 0 Å². The van der Waals surface area contributed by atoms with Crippen molar-refractivity contribution in [3.05, 3.63) is 53.7 Å². The van der Waals surface area contributed by atoms with Gasteiger partial charge in [-0.1, -0.05) is 0 Å². The van der Waals surface area contributed by atoms with E-state index < -0.39 is 0 Å². The summed E-state index contributed by atoms with van der Waals surface area (Å²) in [6, 6.07) is 10.8. The van der Waals surface area contributed by atoms with E-state index in [2.05, 4.69) is 10.3 Å². The van der Waals surface area contributed by atoms with E-state index >= 15 is 0 Å². The van der Waals surface area contributed by atoms with Crippen molar-refractivity contribution in [3.8, 4) is 17.1 Å². The summed E-state index contributed by atoms with van der Waals surface area (Å²) in [6.45, 7) is 0. The van der Waals surface area contributed by atoms with Gasteiger partial charge in [0.2, 0.25) is 0 Å². The number of carbonyl (C=O) groups is 1. The first-order valence-corrected chi connectivity index (χ1v) is 7.09. The highest BCUT2D eigenvalue weighted by molar-refractivity contribution is 7.13. The molecule has 0 saturated heterocycles. The minimum atomic E-state index is -0.315. The summed E-state index contributed by atoms with van der Waals surface area (Å²) in [5.41, 5.74) is 0.879. The quantitative estimate of drug-likeness (QED) is 0.798. The molecule has 3 aromatic rings. The summed E-state index contributed by atoms with van der Waals surface area (Å²) in [5, 5.41) is 5.01. The van der Waals surface area contributed by atoms with Crippen LogP contribution in [0.4, 0.5) is 5.13 Å². The van der Waals surface area contributed by atoms with Gasteiger partial charge in [0.1, 0.15) is 11.5 Å². The second-order valence-corrected chi connectivity index (χ2v) is 5.08. The molecule has 0 aliphatic heterocycles. The average molecular weight is 300 g/mol. The van der Waals surface area contributed by atoms with E-state index in [1.54, 1.807) is 30.8 Å². The molecular formula is C15H12N2O3S. The highest BCUT2D eigenvalue weighted by atomic mass is 32.1. The summed E-state index contributed by atoms with van der Waals surface area (Å²) in [4.78, 5) is 16.0. The van der Waals surface area contributed by atoms with Crippen LogP contribution >= 0.6 is 11.3 Å². The molecule has 106 valence electrons. The minimum Gasteiger partial charge on any atom is -0.497 e. The number of hydrogen-bond donors (Lipinski definition) is 1. The molecule has 0 atom stereocenters. The predicted octanol–water partition coefficient (Wildman–Crippen LogP) is 3.66. The SMILES string of the molecule is COc1ccc(-c2ccc(C(=O)Nc3nccs3)o2)cc1. The number of anilines is 1. The molecule has 0 bridgehead atoms. The molecule has 6 heteroatoms. The van der Waals surface area contributed by atoms with E-state index in [0.717, 1.165) is 11.3 Å². The molecule has 2 heterocycles. The zero-order valence-corrected chi connectivity index (χ0v) is 12.0. The molecule has 0 saturated carbocycles. The van der Waals surface area contributed by atoms with Gasteiger partial charge in [0, 0.05) is 17.1 Å². The van der Waals surface area contributed by atoms with Gasteiger partial charge in [-0.3, -0.25) is 10.1 Å². The van der Waals surface area contributed by atoms with Gasteiger partial charge in [0.15, 0.2) is 10.9 Å². The topological polar surface area (TPSA) is 64.4 Å². The molecule has 0 fully saturated rings. The number of furan rings is 1. The van der Waals surface area contributed by atoms with Gasteiger partial charge in [-0.05, 0) is 36.4 Å². The van der Waals surface area contributed by atoms with Crippen LogP contribution in [0.15, 0.2) is 52.4 Å². The molecule has 0 radical (unpaired) electrons. The van der Waals surface area contributed by atoms with E-state index in [9.17, 15) is 4.79 Å². The lowest BCUT2D eigenvalue weighted by molar-refractivity contribution is 0.0997. The predicted molar refractivity (Wildman–Crippen MR) is 80.8 cm³/mol. The number of carbonyl (C=O) groups excluding carboxylic acids is 1. The highest BCUT2D eigenvalue weighted by Crippen LogP contribution is 2.25. The van der Waals surface area contributed by atoms with Gasteiger partial charge in [-0.15, -0.1) is 11.3 Å². The van der Waals surface area contributed by atoms with Crippen molar-refractivity contribution >= 4 is 22.4 Å². The fourth-order valence-corrected chi connectivity index (χ4v) is 2.34. The van der Waals surface area contributed by atoms with Gasteiger partial charge < -0.3 is 9.15 Å². The Bertz CT molecular complexity index is 733. The number of amides is 1. The van der Waals surface area contributed by atoms with Crippen LogP contribution in [0.5, 0.6) is 5.75 Å². The van der Waals surface area contributed by atoms with Crippen LogP contribution in [0, 0.1) is 0 Å². The molecule has 0 aliphatic rings. The van der Waals surface area contributed by atoms with E-state index in [1.807, 2.05) is 24.3 Å². The molecule has 1 N–H and O–H groups in total. The Labute approximate surface area is 125 Å². The Morgan fingerprint density at radius 1 is 1.24 bits per heavy atom. The number of ether oxygens (including phenoxy) is 1. The Hall–Kier alpha value is -2.60. The molecule has 5 nitrogen and oxygen atoms in total. The van der Waals surface area contributed by atoms with Crippen molar-refractivity contribution in [2.45, 2.75) is 0 Å². The Morgan fingerprint density at radius 3 is 2.71 bits per heavy atom. The zero-order valence-electron chi connectivity index (χ0n) is 11.2. The van der Waals surface area contributed by atoms with E-state index in [4.69, 9.17) is 9.15 Å². The van der Waals surface area contributed by atoms with Crippen LogP contribution in [0.3, 0.4) is 0 Å². The van der Waals surface area contributed by atoms with Gasteiger partial charge in [-0.2, -0.15) is 0 Å². The number of nitrogens with zero attached hydrogens (tertiary/aromatic N) is 1.